The van der Waals surface area contributed by atoms with Crippen LogP contribution in [0.15, 0.2) is 66.9 Å². The second-order valence-corrected chi connectivity index (χ2v) is 5.93. The Balaban J connectivity index is 1.76. The third kappa shape index (κ3) is 4.64. The van der Waals surface area contributed by atoms with Crippen LogP contribution in [-0.2, 0) is 6.61 Å². The quantitative estimate of drug-likeness (QED) is 0.604. The summed E-state index contributed by atoms with van der Waals surface area (Å²) >= 11 is 0. The first-order chi connectivity index (χ1) is 13.2. The monoisotopic (exact) mass is 362 g/mol. The molecule has 0 atom stereocenters. The van der Waals surface area contributed by atoms with Crippen LogP contribution in [0.5, 0.6) is 11.5 Å². The molecule has 0 spiro atoms. The van der Waals surface area contributed by atoms with Gasteiger partial charge in [0.25, 0.3) is 0 Å². The molecule has 0 saturated carbocycles. The molecule has 0 unspecified atom stereocenters. The molecule has 0 amide bonds. The van der Waals surface area contributed by atoms with Gasteiger partial charge < -0.3 is 14.8 Å². The molecular formula is C22H22N2O3. The molecule has 27 heavy (non-hydrogen) atoms. The number of nitrogens with zero attached hydrogens (tertiary/aromatic N) is 1. The van der Waals surface area contributed by atoms with Crippen LogP contribution in [0, 0.1) is 0 Å². The lowest BCUT2D eigenvalue weighted by Gasteiger charge is -2.11. The number of anilines is 1. The Morgan fingerprint density at radius 1 is 1.04 bits per heavy atom. The van der Waals surface area contributed by atoms with Crippen LogP contribution in [0.3, 0.4) is 0 Å². The van der Waals surface area contributed by atoms with Gasteiger partial charge in [-0.1, -0.05) is 24.3 Å². The van der Waals surface area contributed by atoms with E-state index in [0.29, 0.717) is 35.8 Å². The molecule has 1 aromatic heterocycles. The Kier molecular flexibility index (Phi) is 6.05. The number of rotatable bonds is 8. The van der Waals surface area contributed by atoms with Crippen LogP contribution in [-0.4, -0.2) is 24.4 Å². The fourth-order valence-corrected chi connectivity index (χ4v) is 2.71. The molecule has 138 valence electrons. The molecule has 2 aromatic carbocycles. The Hall–Kier alpha value is -3.34. The predicted molar refractivity (Wildman–Crippen MR) is 106 cm³/mol. The number of aromatic nitrogens is 1. The topological polar surface area (TPSA) is 60.5 Å². The van der Waals surface area contributed by atoms with Gasteiger partial charge in [-0.25, -0.2) is 4.98 Å². The predicted octanol–water partition coefficient (Wildman–Crippen LogP) is 4.33. The van der Waals surface area contributed by atoms with Crippen LogP contribution < -0.4 is 14.8 Å². The summed E-state index contributed by atoms with van der Waals surface area (Å²) in [5.41, 5.74) is 2.10. The Morgan fingerprint density at radius 2 is 1.85 bits per heavy atom. The van der Waals surface area contributed by atoms with Crippen molar-refractivity contribution in [3.05, 3.63) is 83.6 Å². The highest BCUT2D eigenvalue weighted by molar-refractivity contribution is 6.12. The smallest absolute Gasteiger partial charge is 0.196 e. The highest BCUT2D eigenvalue weighted by Crippen LogP contribution is 2.21. The van der Waals surface area contributed by atoms with Gasteiger partial charge in [-0.05, 0) is 48.9 Å². The lowest BCUT2D eigenvalue weighted by molar-refractivity contribution is 0.103. The fraction of sp³-hybridized carbons (Fsp3) is 0.182. The van der Waals surface area contributed by atoms with Crippen molar-refractivity contribution in [2.45, 2.75) is 13.5 Å². The van der Waals surface area contributed by atoms with E-state index in [9.17, 15) is 4.79 Å². The summed E-state index contributed by atoms with van der Waals surface area (Å²) in [6.07, 6.45) is 1.67. The standard InChI is InChI=1S/C22H22N2O3/c1-3-23-22-20(11-6-12-24-22)21(25)17-8-5-10-19(14-17)27-15-16-7-4-9-18(13-16)26-2/h4-14H,3,15H2,1-2H3,(H,23,24). The van der Waals surface area contributed by atoms with Gasteiger partial charge in [0.1, 0.15) is 23.9 Å². The van der Waals surface area contributed by atoms with Crippen molar-refractivity contribution < 1.29 is 14.3 Å². The van der Waals surface area contributed by atoms with Crippen molar-refractivity contribution in [1.29, 1.82) is 0 Å². The van der Waals surface area contributed by atoms with E-state index in [1.807, 2.05) is 43.3 Å². The summed E-state index contributed by atoms with van der Waals surface area (Å²) in [5.74, 6) is 1.92. The zero-order chi connectivity index (χ0) is 19.1. The maximum absolute atomic E-state index is 12.9. The first kappa shape index (κ1) is 18.5. The molecule has 0 fully saturated rings. The minimum absolute atomic E-state index is 0.0918. The minimum Gasteiger partial charge on any atom is -0.497 e. The average molecular weight is 362 g/mol. The Labute approximate surface area is 159 Å². The molecule has 0 radical (unpaired) electrons. The van der Waals surface area contributed by atoms with E-state index < -0.39 is 0 Å². The van der Waals surface area contributed by atoms with Gasteiger partial charge in [-0.15, -0.1) is 0 Å². The van der Waals surface area contributed by atoms with Gasteiger partial charge in [0.15, 0.2) is 5.78 Å². The number of nitrogens with one attached hydrogen (secondary N) is 1. The molecule has 5 heteroatoms. The highest BCUT2D eigenvalue weighted by Gasteiger charge is 2.14. The van der Waals surface area contributed by atoms with Crippen molar-refractivity contribution >= 4 is 11.6 Å². The van der Waals surface area contributed by atoms with Gasteiger partial charge in [-0.2, -0.15) is 0 Å². The summed E-state index contributed by atoms with van der Waals surface area (Å²) in [6, 6.07) is 18.4. The number of carbonyl (C=O) groups excluding carboxylic acids is 1. The van der Waals surface area contributed by atoms with E-state index in [-0.39, 0.29) is 5.78 Å². The summed E-state index contributed by atoms with van der Waals surface area (Å²) < 4.78 is 11.1. The molecule has 0 aliphatic carbocycles. The van der Waals surface area contributed by atoms with Gasteiger partial charge >= 0.3 is 0 Å². The summed E-state index contributed by atoms with van der Waals surface area (Å²) in [5, 5.41) is 3.12. The molecule has 0 aliphatic heterocycles. The van der Waals surface area contributed by atoms with Crippen LogP contribution in [0.2, 0.25) is 0 Å². The first-order valence-electron chi connectivity index (χ1n) is 8.80. The normalized spacial score (nSPS) is 10.3. The Morgan fingerprint density at radius 3 is 2.67 bits per heavy atom. The average Bonchev–Trinajstić information content (AvgIpc) is 2.73. The van der Waals surface area contributed by atoms with E-state index in [4.69, 9.17) is 9.47 Å². The Bertz CT molecular complexity index is 925. The fourth-order valence-electron chi connectivity index (χ4n) is 2.71. The molecule has 5 nitrogen and oxygen atoms in total. The number of ketones is 1. The molecule has 1 N–H and O–H groups in total. The van der Waals surface area contributed by atoms with Gasteiger partial charge in [-0.3, -0.25) is 4.79 Å². The largest absolute Gasteiger partial charge is 0.497 e. The van der Waals surface area contributed by atoms with E-state index in [1.54, 1.807) is 37.6 Å². The summed E-state index contributed by atoms with van der Waals surface area (Å²) in [6.45, 7) is 3.06. The molecule has 0 aliphatic rings. The second kappa shape index (κ2) is 8.85. The first-order valence-corrected chi connectivity index (χ1v) is 8.80. The summed E-state index contributed by atoms with van der Waals surface area (Å²) in [7, 11) is 1.63. The van der Waals surface area contributed by atoms with Crippen molar-refractivity contribution in [2.75, 3.05) is 19.0 Å². The lowest BCUT2D eigenvalue weighted by atomic mass is 10.0. The maximum Gasteiger partial charge on any atom is 0.196 e. The lowest BCUT2D eigenvalue weighted by Crippen LogP contribution is -2.09. The number of ether oxygens (including phenoxy) is 2. The van der Waals surface area contributed by atoms with E-state index >= 15 is 0 Å². The molecule has 3 aromatic rings. The van der Waals surface area contributed by atoms with E-state index in [2.05, 4.69) is 10.3 Å². The third-order valence-electron chi connectivity index (χ3n) is 4.03. The molecule has 3 rings (SSSR count). The molecular weight excluding hydrogens is 340 g/mol. The van der Waals surface area contributed by atoms with Crippen LogP contribution in [0.25, 0.3) is 0 Å². The number of hydrogen-bond donors (Lipinski definition) is 1. The van der Waals surface area contributed by atoms with E-state index in [0.717, 1.165) is 11.3 Å². The minimum atomic E-state index is -0.0918. The van der Waals surface area contributed by atoms with E-state index in [1.165, 1.54) is 0 Å². The highest BCUT2D eigenvalue weighted by atomic mass is 16.5. The molecule has 0 bridgehead atoms. The molecule has 0 saturated heterocycles. The number of benzene rings is 2. The van der Waals surface area contributed by atoms with Crippen molar-refractivity contribution in [3.8, 4) is 11.5 Å². The zero-order valence-electron chi connectivity index (χ0n) is 15.4. The van der Waals surface area contributed by atoms with Crippen molar-refractivity contribution in [2.24, 2.45) is 0 Å². The van der Waals surface area contributed by atoms with Gasteiger partial charge in [0, 0.05) is 18.3 Å². The zero-order valence-corrected chi connectivity index (χ0v) is 15.4. The number of hydrogen-bond acceptors (Lipinski definition) is 5. The van der Waals surface area contributed by atoms with Gasteiger partial charge in [0.05, 0.1) is 12.7 Å². The number of carbonyl (C=O) groups is 1. The SMILES string of the molecule is CCNc1ncccc1C(=O)c1cccc(OCc2cccc(OC)c2)c1. The van der Waals surface area contributed by atoms with Gasteiger partial charge in [0.2, 0.25) is 0 Å². The van der Waals surface area contributed by atoms with Crippen LogP contribution in [0.1, 0.15) is 28.4 Å². The summed E-state index contributed by atoms with van der Waals surface area (Å²) in [4.78, 5) is 17.2. The van der Waals surface area contributed by atoms with Crippen LogP contribution >= 0.6 is 0 Å². The number of methoxy groups -OCH3 is 1. The second-order valence-electron chi connectivity index (χ2n) is 5.93. The third-order valence-corrected chi connectivity index (χ3v) is 4.03. The maximum atomic E-state index is 12.9. The van der Waals surface area contributed by atoms with Crippen LogP contribution in [0.4, 0.5) is 5.82 Å². The number of pyridine rings is 1. The van der Waals surface area contributed by atoms with Crippen molar-refractivity contribution in [1.82, 2.24) is 4.98 Å². The van der Waals surface area contributed by atoms with Crippen molar-refractivity contribution in [3.63, 3.8) is 0 Å². The molecule has 1 heterocycles.